The first kappa shape index (κ1) is 20.3. The molecule has 0 radical (unpaired) electrons. The van der Waals surface area contributed by atoms with Crippen LogP contribution in [0.4, 0.5) is 11.4 Å². The summed E-state index contributed by atoms with van der Waals surface area (Å²) in [6.45, 7) is 2.29. The average Bonchev–Trinajstić information content (AvgIpc) is 2.58. The van der Waals surface area contributed by atoms with Crippen molar-refractivity contribution in [3.63, 3.8) is 0 Å². The van der Waals surface area contributed by atoms with Gasteiger partial charge in [-0.2, -0.15) is 0 Å². The molecule has 2 aromatic carbocycles. The van der Waals surface area contributed by atoms with Gasteiger partial charge in [0.25, 0.3) is 11.8 Å². The average molecular weight is 393 g/mol. The summed E-state index contributed by atoms with van der Waals surface area (Å²) in [5.74, 6) is -0.291. The third-order valence-corrected chi connectivity index (χ3v) is 4.81. The summed E-state index contributed by atoms with van der Waals surface area (Å²) in [5, 5.41) is 6.31. The number of benzene rings is 2. The number of hydrogen-bond donors (Lipinski definition) is 3. The summed E-state index contributed by atoms with van der Waals surface area (Å²) < 4.78 is 0. The second-order valence-corrected chi connectivity index (χ2v) is 7.35. The van der Waals surface area contributed by atoms with Crippen LogP contribution in [-0.2, 0) is 9.59 Å². The maximum Gasteiger partial charge on any atom is 0.279 e. The fourth-order valence-corrected chi connectivity index (χ4v) is 3.20. The van der Waals surface area contributed by atoms with E-state index in [0.29, 0.717) is 10.7 Å². The van der Waals surface area contributed by atoms with Crippen molar-refractivity contribution in [1.29, 1.82) is 0 Å². The Morgan fingerprint density at radius 2 is 1.65 bits per heavy atom. The molecule has 0 aliphatic carbocycles. The van der Waals surface area contributed by atoms with Crippen molar-refractivity contribution in [2.75, 3.05) is 37.0 Å². The van der Waals surface area contributed by atoms with Gasteiger partial charge in [-0.15, -0.1) is 11.8 Å². The molecule has 1 unspecified atom stereocenters. The van der Waals surface area contributed by atoms with E-state index in [1.165, 1.54) is 0 Å². The molecular weight excluding hydrogens is 370 g/mol. The highest BCUT2D eigenvalue weighted by molar-refractivity contribution is 7.98. The number of para-hydroxylation sites is 1. The Hall–Kier alpha value is -2.02. The third-order valence-electron chi connectivity index (χ3n) is 3.78. The summed E-state index contributed by atoms with van der Waals surface area (Å²) in [7, 11) is 1.81. The molecule has 0 heterocycles. The second-order valence-electron chi connectivity index (χ2n) is 6.07. The molecule has 0 aromatic heterocycles. The number of halogens is 1. The van der Waals surface area contributed by atoms with Gasteiger partial charge in [-0.1, -0.05) is 29.8 Å². The molecule has 0 saturated carbocycles. The van der Waals surface area contributed by atoms with Crippen LogP contribution in [0, 0.1) is 6.92 Å². The first-order chi connectivity index (χ1) is 12.4. The van der Waals surface area contributed by atoms with Gasteiger partial charge in [-0.05, 0) is 43.0 Å². The molecule has 0 spiro atoms. The minimum absolute atomic E-state index is 0.129. The summed E-state index contributed by atoms with van der Waals surface area (Å²) in [5.41, 5.74) is 2.41. The topological polar surface area (TPSA) is 62.6 Å². The first-order valence-corrected chi connectivity index (χ1v) is 9.79. The lowest BCUT2D eigenvalue weighted by molar-refractivity contribution is -0.862. The minimum atomic E-state index is -0.162. The van der Waals surface area contributed by atoms with Crippen LogP contribution in [0.15, 0.2) is 47.4 Å². The summed E-state index contributed by atoms with van der Waals surface area (Å²) >= 11 is 7.54. The Bertz CT molecular complexity index is 798. The van der Waals surface area contributed by atoms with E-state index >= 15 is 0 Å². The SMILES string of the molecule is CSc1ccccc1NC(=O)C[NH+](C)CC(=O)Nc1cc(Cl)ccc1C. The molecule has 138 valence electrons. The van der Waals surface area contributed by atoms with Crippen LogP contribution in [0.1, 0.15) is 5.56 Å². The van der Waals surface area contributed by atoms with Crippen LogP contribution in [0.25, 0.3) is 0 Å². The number of likely N-dealkylation sites (N-methyl/N-ethyl adjacent to an activating group) is 1. The molecule has 0 aliphatic rings. The highest BCUT2D eigenvalue weighted by atomic mass is 35.5. The Kier molecular flexibility index (Phi) is 7.50. The van der Waals surface area contributed by atoms with Gasteiger partial charge in [0.2, 0.25) is 0 Å². The van der Waals surface area contributed by atoms with Crippen molar-refractivity contribution in [2.24, 2.45) is 0 Å². The maximum absolute atomic E-state index is 12.2. The fraction of sp³-hybridized carbons (Fsp3) is 0.263. The molecule has 0 fully saturated rings. The molecule has 5 nitrogen and oxygen atoms in total. The fourth-order valence-electron chi connectivity index (χ4n) is 2.48. The van der Waals surface area contributed by atoms with E-state index in [1.807, 2.05) is 50.6 Å². The van der Waals surface area contributed by atoms with Crippen molar-refractivity contribution < 1.29 is 14.5 Å². The second kappa shape index (κ2) is 9.62. The van der Waals surface area contributed by atoms with Crippen LogP contribution < -0.4 is 15.5 Å². The zero-order valence-corrected chi connectivity index (χ0v) is 16.6. The normalized spacial score (nSPS) is 11.7. The van der Waals surface area contributed by atoms with Gasteiger partial charge in [-0.3, -0.25) is 9.59 Å². The first-order valence-electron chi connectivity index (χ1n) is 8.19. The lowest BCUT2D eigenvalue weighted by Crippen LogP contribution is -3.11. The van der Waals surface area contributed by atoms with Gasteiger partial charge in [0, 0.05) is 15.6 Å². The van der Waals surface area contributed by atoms with Gasteiger partial charge >= 0.3 is 0 Å². The van der Waals surface area contributed by atoms with Crippen molar-refractivity contribution >= 4 is 46.6 Å². The zero-order valence-electron chi connectivity index (χ0n) is 15.1. The molecule has 3 N–H and O–H groups in total. The molecule has 2 amide bonds. The van der Waals surface area contributed by atoms with Gasteiger partial charge in [0.1, 0.15) is 0 Å². The van der Waals surface area contributed by atoms with Crippen LogP contribution in [-0.4, -0.2) is 38.2 Å². The summed E-state index contributed by atoms with van der Waals surface area (Å²) in [6.07, 6.45) is 1.96. The van der Waals surface area contributed by atoms with Gasteiger partial charge < -0.3 is 15.5 Å². The number of carbonyl (C=O) groups is 2. The van der Waals surface area contributed by atoms with Crippen LogP contribution in [0.5, 0.6) is 0 Å². The van der Waals surface area contributed by atoms with Crippen LogP contribution in [0.3, 0.4) is 0 Å². The van der Waals surface area contributed by atoms with Crippen LogP contribution in [0.2, 0.25) is 5.02 Å². The number of carbonyl (C=O) groups excluding carboxylic acids is 2. The predicted molar refractivity (Wildman–Crippen MR) is 108 cm³/mol. The Labute approximate surface area is 163 Å². The third kappa shape index (κ3) is 6.05. The number of quaternary nitrogens is 1. The van der Waals surface area contributed by atoms with E-state index in [-0.39, 0.29) is 24.9 Å². The monoisotopic (exact) mass is 392 g/mol. The summed E-state index contributed by atoms with van der Waals surface area (Å²) in [4.78, 5) is 26.3. The van der Waals surface area contributed by atoms with E-state index < -0.39 is 0 Å². The summed E-state index contributed by atoms with van der Waals surface area (Å²) in [6, 6.07) is 13.0. The Balaban J connectivity index is 1.87. The van der Waals surface area contributed by atoms with E-state index in [9.17, 15) is 9.59 Å². The largest absolute Gasteiger partial charge is 0.322 e. The molecule has 7 heteroatoms. The molecule has 26 heavy (non-hydrogen) atoms. The molecule has 2 aromatic rings. The zero-order chi connectivity index (χ0) is 19.1. The number of nitrogens with one attached hydrogen (secondary N) is 3. The van der Waals surface area contributed by atoms with Gasteiger partial charge in [0.05, 0.1) is 12.7 Å². The Morgan fingerprint density at radius 3 is 2.31 bits per heavy atom. The quantitative estimate of drug-likeness (QED) is 0.634. The minimum Gasteiger partial charge on any atom is -0.322 e. The highest BCUT2D eigenvalue weighted by Gasteiger charge is 2.16. The maximum atomic E-state index is 12.2. The lowest BCUT2D eigenvalue weighted by atomic mass is 10.2. The molecular formula is C19H23ClN3O2S+. The van der Waals surface area contributed by atoms with Gasteiger partial charge in [-0.25, -0.2) is 0 Å². The van der Waals surface area contributed by atoms with E-state index in [2.05, 4.69) is 10.6 Å². The molecule has 0 saturated heterocycles. The lowest BCUT2D eigenvalue weighted by Gasteiger charge is -2.15. The number of rotatable bonds is 7. The van der Waals surface area contributed by atoms with Crippen LogP contribution >= 0.6 is 23.4 Å². The number of aryl methyl sites for hydroxylation is 1. The molecule has 1 atom stereocenters. The van der Waals surface area contributed by atoms with Crippen molar-refractivity contribution in [1.82, 2.24) is 0 Å². The predicted octanol–water partition coefficient (Wildman–Crippen LogP) is 2.46. The standard InChI is InChI=1S/C19H22ClN3O2S/c1-13-8-9-14(20)10-16(13)22-19(25)12-23(2)11-18(24)21-15-6-4-5-7-17(15)26-3/h4-10H,11-12H2,1-3H3,(H,21,24)(H,22,25)/p+1. The van der Waals surface area contributed by atoms with Crippen molar-refractivity contribution in [3.8, 4) is 0 Å². The molecule has 2 rings (SSSR count). The van der Waals surface area contributed by atoms with Crippen molar-refractivity contribution in [2.45, 2.75) is 11.8 Å². The molecule has 0 bridgehead atoms. The van der Waals surface area contributed by atoms with E-state index in [4.69, 9.17) is 11.6 Å². The Morgan fingerprint density at radius 1 is 1.04 bits per heavy atom. The van der Waals surface area contributed by atoms with E-state index in [1.54, 1.807) is 23.9 Å². The molecule has 0 aliphatic heterocycles. The number of thioether (sulfide) groups is 1. The van der Waals surface area contributed by atoms with Gasteiger partial charge in [0.15, 0.2) is 13.1 Å². The number of amides is 2. The number of anilines is 2. The highest BCUT2D eigenvalue weighted by Crippen LogP contribution is 2.24. The smallest absolute Gasteiger partial charge is 0.279 e. The number of hydrogen-bond acceptors (Lipinski definition) is 3. The van der Waals surface area contributed by atoms with E-state index in [0.717, 1.165) is 21.0 Å². The van der Waals surface area contributed by atoms with Crippen molar-refractivity contribution in [3.05, 3.63) is 53.1 Å².